The van der Waals surface area contributed by atoms with Gasteiger partial charge in [-0.05, 0) is 24.9 Å². The van der Waals surface area contributed by atoms with Gasteiger partial charge < -0.3 is 10.0 Å². The summed E-state index contributed by atoms with van der Waals surface area (Å²) in [5, 5.41) is 8.73. The van der Waals surface area contributed by atoms with Crippen molar-refractivity contribution < 1.29 is 5.11 Å². The van der Waals surface area contributed by atoms with E-state index >= 15 is 0 Å². The Balaban J connectivity index is 2.69. The molecule has 0 spiro atoms. The number of aliphatic hydroxyl groups excluding tert-OH is 1. The van der Waals surface area contributed by atoms with E-state index in [0.717, 1.165) is 24.4 Å². The maximum atomic E-state index is 8.73. The highest BCUT2D eigenvalue weighted by Crippen LogP contribution is 2.10. The summed E-state index contributed by atoms with van der Waals surface area (Å²) >= 11 is 1.86. The number of rotatable bonds is 5. The van der Waals surface area contributed by atoms with Gasteiger partial charge in [0.25, 0.3) is 0 Å². The van der Waals surface area contributed by atoms with Crippen LogP contribution in [0, 0.1) is 11.8 Å². The van der Waals surface area contributed by atoms with Crippen LogP contribution in [0.1, 0.15) is 11.1 Å². The van der Waals surface area contributed by atoms with E-state index in [1.807, 2.05) is 30.0 Å². The van der Waals surface area contributed by atoms with Gasteiger partial charge in [0.2, 0.25) is 0 Å². The van der Waals surface area contributed by atoms with Gasteiger partial charge in [-0.2, -0.15) is 11.8 Å². The lowest BCUT2D eigenvalue weighted by Gasteiger charge is -2.16. The van der Waals surface area contributed by atoms with E-state index in [1.54, 1.807) is 0 Å². The standard InChI is InChI=1S/C14H19NOS/c1-15(9-11-17-2)12-14-7-4-3-6-13(14)8-5-10-16/h3-4,6-7,16H,9-12H2,1-2H3. The third-order valence-corrected chi connectivity index (χ3v) is 3.03. The van der Waals surface area contributed by atoms with E-state index in [4.69, 9.17) is 5.11 Å². The SMILES string of the molecule is CSCCN(C)Cc1ccccc1C#CCO. The summed E-state index contributed by atoms with van der Waals surface area (Å²) in [7, 11) is 2.12. The Morgan fingerprint density at radius 3 is 2.82 bits per heavy atom. The molecule has 0 radical (unpaired) electrons. The minimum absolute atomic E-state index is 0.0867. The molecule has 17 heavy (non-hydrogen) atoms. The summed E-state index contributed by atoms with van der Waals surface area (Å²) in [4.78, 5) is 2.29. The molecule has 0 aromatic heterocycles. The van der Waals surface area contributed by atoms with E-state index in [1.165, 1.54) is 5.56 Å². The molecule has 0 amide bonds. The zero-order valence-electron chi connectivity index (χ0n) is 10.4. The molecule has 1 rings (SSSR count). The largest absolute Gasteiger partial charge is 0.384 e. The average Bonchev–Trinajstić information content (AvgIpc) is 2.35. The first-order valence-corrected chi connectivity index (χ1v) is 7.02. The van der Waals surface area contributed by atoms with Crippen molar-refractivity contribution in [2.45, 2.75) is 6.54 Å². The number of hydrogen-bond acceptors (Lipinski definition) is 3. The first-order chi connectivity index (χ1) is 8.27. The highest BCUT2D eigenvalue weighted by atomic mass is 32.2. The highest BCUT2D eigenvalue weighted by Gasteiger charge is 2.03. The fourth-order valence-corrected chi connectivity index (χ4v) is 2.03. The van der Waals surface area contributed by atoms with Gasteiger partial charge in [-0.3, -0.25) is 0 Å². The Kier molecular flexibility index (Phi) is 6.80. The van der Waals surface area contributed by atoms with Gasteiger partial charge >= 0.3 is 0 Å². The van der Waals surface area contributed by atoms with E-state index in [9.17, 15) is 0 Å². The predicted molar refractivity (Wildman–Crippen MR) is 75.1 cm³/mol. The normalized spacial score (nSPS) is 10.1. The van der Waals surface area contributed by atoms with Crippen molar-refractivity contribution in [3.63, 3.8) is 0 Å². The van der Waals surface area contributed by atoms with Crippen LogP contribution in [0.15, 0.2) is 24.3 Å². The number of thioether (sulfide) groups is 1. The van der Waals surface area contributed by atoms with Crippen LogP contribution in [0.5, 0.6) is 0 Å². The lowest BCUT2D eigenvalue weighted by atomic mass is 10.1. The lowest BCUT2D eigenvalue weighted by molar-refractivity contribution is 0.348. The van der Waals surface area contributed by atoms with Gasteiger partial charge in [0, 0.05) is 24.4 Å². The van der Waals surface area contributed by atoms with Gasteiger partial charge in [0.1, 0.15) is 6.61 Å². The zero-order chi connectivity index (χ0) is 12.5. The molecule has 0 atom stereocenters. The highest BCUT2D eigenvalue weighted by molar-refractivity contribution is 7.98. The van der Waals surface area contributed by atoms with Crippen molar-refractivity contribution in [1.29, 1.82) is 0 Å². The van der Waals surface area contributed by atoms with Crippen LogP contribution in [-0.2, 0) is 6.54 Å². The first kappa shape index (κ1) is 14.1. The monoisotopic (exact) mass is 249 g/mol. The van der Waals surface area contributed by atoms with Crippen molar-refractivity contribution in [3.8, 4) is 11.8 Å². The summed E-state index contributed by atoms with van der Waals surface area (Å²) in [6.45, 7) is 1.89. The van der Waals surface area contributed by atoms with E-state index in [2.05, 4.69) is 36.1 Å². The molecule has 1 N–H and O–H groups in total. The Bertz CT molecular complexity index is 395. The van der Waals surface area contributed by atoms with Gasteiger partial charge in [0.15, 0.2) is 0 Å². The third kappa shape index (κ3) is 5.27. The number of nitrogens with zero attached hydrogens (tertiary/aromatic N) is 1. The minimum atomic E-state index is -0.0867. The molecule has 0 saturated carbocycles. The van der Waals surface area contributed by atoms with Crippen molar-refractivity contribution in [1.82, 2.24) is 4.90 Å². The van der Waals surface area contributed by atoms with Gasteiger partial charge in [-0.1, -0.05) is 30.0 Å². The molecular weight excluding hydrogens is 230 g/mol. The lowest BCUT2D eigenvalue weighted by Crippen LogP contribution is -2.21. The Hall–Kier alpha value is -0.950. The summed E-state index contributed by atoms with van der Waals surface area (Å²) in [6.07, 6.45) is 2.12. The van der Waals surface area contributed by atoms with Crippen LogP contribution in [0.2, 0.25) is 0 Å². The van der Waals surface area contributed by atoms with Gasteiger partial charge in [0.05, 0.1) is 0 Å². The molecule has 0 aliphatic heterocycles. The molecule has 0 bridgehead atoms. The third-order valence-electron chi connectivity index (χ3n) is 2.44. The Morgan fingerprint density at radius 2 is 2.12 bits per heavy atom. The first-order valence-electron chi connectivity index (χ1n) is 5.63. The van der Waals surface area contributed by atoms with Gasteiger partial charge in [-0.15, -0.1) is 0 Å². The van der Waals surface area contributed by atoms with Crippen LogP contribution < -0.4 is 0 Å². The quantitative estimate of drug-likeness (QED) is 0.805. The molecule has 0 saturated heterocycles. The van der Waals surface area contributed by atoms with Crippen LogP contribution in [0.3, 0.4) is 0 Å². The smallest absolute Gasteiger partial charge is 0.104 e. The van der Waals surface area contributed by atoms with Gasteiger partial charge in [-0.25, -0.2) is 0 Å². The second kappa shape index (κ2) is 8.19. The molecule has 0 heterocycles. The molecule has 1 aromatic rings. The van der Waals surface area contributed by atoms with E-state index in [-0.39, 0.29) is 6.61 Å². The number of benzene rings is 1. The maximum absolute atomic E-state index is 8.73. The Labute approximate surface area is 108 Å². The Morgan fingerprint density at radius 1 is 1.35 bits per heavy atom. The van der Waals surface area contributed by atoms with Crippen molar-refractivity contribution >= 4 is 11.8 Å². The second-order valence-corrected chi connectivity index (χ2v) is 4.83. The van der Waals surface area contributed by atoms with Crippen molar-refractivity contribution in [2.24, 2.45) is 0 Å². The molecule has 2 nitrogen and oxygen atoms in total. The molecule has 0 unspecified atom stereocenters. The molecule has 3 heteroatoms. The summed E-state index contributed by atoms with van der Waals surface area (Å²) in [6, 6.07) is 8.10. The van der Waals surface area contributed by atoms with E-state index < -0.39 is 0 Å². The molecule has 0 fully saturated rings. The molecule has 0 aliphatic carbocycles. The minimum Gasteiger partial charge on any atom is -0.384 e. The summed E-state index contributed by atoms with van der Waals surface area (Å²) in [5.41, 5.74) is 2.23. The van der Waals surface area contributed by atoms with Crippen LogP contribution in [-0.4, -0.2) is 42.2 Å². The second-order valence-electron chi connectivity index (χ2n) is 3.85. The number of aliphatic hydroxyl groups is 1. The average molecular weight is 249 g/mol. The fraction of sp³-hybridized carbons (Fsp3) is 0.429. The predicted octanol–water partition coefficient (Wildman–Crippen LogP) is 1.83. The van der Waals surface area contributed by atoms with E-state index in [0.29, 0.717) is 0 Å². The fourth-order valence-electron chi connectivity index (χ4n) is 1.53. The van der Waals surface area contributed by atoms with Crippen LogP contribution in [0.25, 0.3) is 0 Å². The molecule has 0 aliphatic rings. The van der Waals surface area contributed by atoms with Crippen LogP contribution in [0.4, 0.5) is 0 Å². The number of hydrogen-bond donors (Lipinski definition) is 1. The van der Waals surface area contributed by atoms with Crippen molar-refractivity contribution in [2.75, 3.05) is 32.2 Å². The summed E-state index contributed by atoms with van der Waals surface area (Å²) < 4.78 is 0. The van der Waals surface area contributed by atoms with Crippen molar-refractivity contribution in [3.05, 3.63) is 35.4 Å². The summed E-state index contributed by atoms with van der Waals surface area (Å²) in [5.74, 6) is 6.84. The van der Waals surface area contributed by atoms with Crippen LogP contribution >= 0.6 is 11.8 Å². The molecular formula is C14H19NOS. The zero-order valence-corrected chi connectivity index (χ0v) is 11.3. The topological polar surface area (TPSA) is 23.5 Å². The molecule has 92 valence electrons. The maximum Gasteiger partial charge on any atom is 0.104 e. The molecule has 1 aromatic carbocycles.